The minimum absolute atomic E-state index is 0.168. The summed E-state index contributed by atoms with van der Waals surface area (Å²) in [6.45, 7) is 2.49. The third-order valence-corrected chi connectivity index (χ3v) is 5.10. The fourth-order valence-corrected chi connectivity index (χ4v) is 3.34. The van der Waals surface area contributed by atoms with Gasteiger partial charge in [0.2, 0.25) is 0 Å². The number of aromatic nitrogens is 5. The number of hydrogen-bond donors (Lipinski definition) is 2. The zero-order chi connectivity index (χ0) is 24.9. The summed E-state index contributed by atoms with van der Waals surface area (Å²) in [5.74, 6) is -3.06. The van der Waals surface area contributed by atoms with Crippen molar-refractivity contribution in [1.29, 1.82) is 0 Å². The lowest BCUT2D eigenvalue weighted by Gasteiger charge is -2.09. The third kappa shape index (κ3) is 6.15. The second kappa shape index (κ2) is 10.4. The number of likely N-dealkylation sites (tertiary alicyclic amines) is 1. The molecule has 1 amide bonds. The molecular formula is C20H22F3N7O4. The summed E-state index contributed by atoms with van der Waals surface area (Å²) in [5, 5.41) is 23.5. The average molecular weight is 481 g/mol. The normalized spacial score (nSPS) is 16.2. The first-order valence-electron chi connectivity index (χ1n) is 10.2. The Morgan fingerprint density at radius 3 is 2.62 bits per heavy atom. The van der Waals surface area contributed by atoms with Crippen molar-refractivity contribution < 1.29 is 27.9 Å². The molecule has 1 unspecified atom stereocenters. The zero-order valence-corrected chi connectivity index (χ0v) is 18.1. The van der Waals surface area contributed by atoms with Crippen molar-refractivity contribution in [3.8, 4) is 0 Å². The third-order valence-electron chi connectivity index (χ3n) is 5.10. The molecule has 2 N–H and O–H groups in total. The van der Waals surface area contributed by atoms with Crippen LogP contribution in [0.2, 0.25) is 0 Å². The first-order chi connectivity index (χ1) is 16.1. The van der Waals surface area contributed by atoms with Crippen LogP contribution in [0.5, 0.6) is 0 Å². The molecule has 1 fully saturated rings. The number of fused-ring (bicyclic) bond motifs is 1. The molecule has 0 spiro atoms. The fraction of sp³-hybridized carbons (Fsp3) is 0.400. The number of nitrogens with zero attached hydrogens (tertiary/aromatic N) is 6. The van der Waals surface area contributed by atoms with Gasteiger partial charge in [-0.3, -0.25) is 9.59 Å². The Bertz CT molecular complexity index is 1220. The molecular weight excluding hydrogens is 459 g/mol. The fourth-order valence-electron chi connectivity index (χ4n) is 3.34. The number of likely N-dealkylation sites (N-methyl/N-ethyl adjacent to an activating group) is 1. The van der Waals surface area contributed by atoms with Crippen LogP contribution in [0.3, 0.4) is 0 Å². The van der Waals surface area contributed by atoms with Crippen LogP contribution in [0.25, 0.3) is 10.8 Å². The van der Waals surface area contributed by atoms with Crippen molar-refractivity contribution in [2.45, 2.75) is 25.2 Å². The number of rotatable bonds is 5. The molecule has 4 rings (SSSR count). The van der Waals surface area contributed by atoms with Crippen LogP contribution in [-0.2, 0) is 11.3 Å². The number of alkyl halides is 3. The van der Waals surface area contributed by atoms with Crippen molar-refractivity contribution in [3.05, 3.63) is 52.7 Å². The minimum atomic E-state index is -5.08. The van der Waals surface area contributed by atoms with Crippen LogP contribution in [-0.4, -0.2) is 79.5 Å². The van der Waals surface area contributed by atoms with Gasteiger partial charge < -0.3 is 15.3 Å². The van der Waals surface area contributed by atoms with E-state index in [0.29, 0.717) is 5.39 Å². The van der Waals surface area contributed by atoms with E-state index in [1.807, 2.05) is 18.2 Å². The van der Waals surface area contributed by atoms with Crippen LogP contribution in [0.15, 0.2) is 41.5 Å². The number of carboxylic acid groups (broad SMARTS) is 1. The van der Waals surface area contributed by atoms with Gasteiger partial charge in [0.15, 0.2) is 5.69 Å². The van der Waals surface area contributed by atoms with Crippen molar-refractivity contribution in [2.75, 3.05) is 26.7 Å². The van der Waals surface area contributed by atoms with Crippen molar-refractivity contribution in [1.82, 2.24) is 35.0 Å². The number of carboxylic acids is 1. The number of carbonyl (C=O) groups excluding carboxylic acids is 1. The van der Waals surface area contributed by atoms with Crippen molar-refractivity contribution in [2.24, 2.45) is 0 Å². The van der Waals surface area contributed by atoms with E-state index in [2.05, 4.69) is 32.7 Å². The second-order valence-electron chi connectivity index (χ2n) is 7.61. The van der Waals surface area contributed by atoms with E-state index in [0.717, 1.165) is 24.9 Å². The van der Waals surface area contributed by atoms with E-state index < -0.39 is 12.1 Å². The predicted molar refractivity (Wildman–Crippen MR) is 113 cm³/mol. The standard InChI is InChI=1S/C18H21N7O2.C2HF3O2/c1-23-8-6-14(11-23)25-12-16(21-22-25)17(26)19-7-9-24-18(27)15-5-3-2-4-13(15)10-20-24;3-2(4,5)1(6)7/h2-5,10,12,14H,6-9,11H2,1H3,(H,19,26);(H,6,7). The number of amides is 1. The highest BCUT2D eigenvalue weighted by Crippen LogP contribution is 2.19. The lowest BCUT2D eigenvalue weighted by molar-refractivity contribution is -0.192. The molecule has 14 heteroatoms. The van der Waals surface area contributed by atoms with Crippen LogP contribution in [0.1, 0.15) is 23.0 Å². The first-order valence-corrected chi connectivity index (χ1v) is 10.2. The number of benzene rings is 1. The first kappa shape index (κ1) is 24.8. The molecule has 0 bridgehead atoms. The Morgan fingerprint density at radius 2 is 1.97 bits per heavy atom. The van der Waals surface area contributed by atoms with Gasteiger partial charge in [-0.1, -0.05) is 23.4 Å². The van der Waals surface area contributed by atoms with Crippen LogP contribution >= 0.6 is 0 Å². The smallest absolute Gasteiger partial charge is 0.475 e. The van der Waals surface area contributed by atoms with E-state index in [1.165, 1.54) is 4.68 Å². The number of aliphatic carboxylic acids is 1. The van der Waals surface area contributed by atoms with E-state index in [1.54, 1.807) is 23.1 Å². The number of nitrogens with one attached hydrogen (secondary N) is 1. The molecule has 0 saturated carbocycles. The molecule has 1 aliphatic heterocycles. The number of carbonyl (C=O) groups is 2. The van der Waals surface area contributed by atoms with Crippen LogP contribution < -0.4 is 10.9 Å². The van der Waals surface area contributed by atoms with Gasteiger partial charge in [-0.05, 0) is 26.1 Å². The van der Waals surface area contributed by atoms with Crippen molar-refractivity contribution in [3.63, 3.8) is 0 Å². The minimum Gasteiger partial charge on any atom is -0.475 e. The molecule has 11 nitrogen and oxygen atoms in total. The molecule has 1 aromatic carbocycles. The Labute approximate surface area is 190 Å². The molecule has 0 aliphatic carbocycles. The molecule has 1 saturated heterocycles. The molecule has 0 radical (unpaired) electrons. The van der Waals surface area contributed by atoms with Crippen LogP contribution in [0.4, 0.5) is 13.2 Å². The maximum atomic E-state index is 12.4. The SMILES string of the molecule is CN1CCC(n2cc(C(=O)NCCn3ncc4ccccc4c3=O)nn2)C1.O=C(O)C(F)(F)F. The Kier molecular flexibility index (Phi) is 7.61. The van der Waals surface area contributed by atoms with E-state index in [4.69, 9.17) is 9.90 Å². The van der Waals surface area contributed by atoms with E-state index in [-0.39, 0.29) is 36.3 Å². The second-order valence-corrected chi connectivity index (χ2v) is 7.61. The Balaban J connectivity index is 0.000000406. The molecule has 1 aliphatic rings. The lowest BCUT2D eigenvalue weighted by Crippen LogP contribution is -2.32. The van der Waals surface area contributed by atoms with Gasteiger partial charge in [0.1, 0.15) is 0 Å². The molecule has 34 heavy (non-hydrogen) atoms. The van der Waals surface area contributed by atoms with Crippen LogP contribution in [0, 0.1) is 0 Å². The zero-order valence-electron chi connectivity index (χ0n) is 18.1. The Hall–Kier alpha value is -3.81. The summed E-state index contributed by atoms with van der Waals surface area (Å²) < 4.78 is 34.8. The Morgan fingerprint density at radius 1 is 1.26 bits per heavy atom. The molecule has 182 valence electrons. The van der Waals surface area contributed by atoms with Gasteiger partial charge in [-0.15, -0.1) is 5.10 Å². The number of hydrogen-bond acceptors (Lipinski definition) is 7. The van der Waals surface area contributed by atoms with Gasteiger partial charge in [0.05, 0.1) is 30.4 Å². The van der Waals surface area contributed by atoms with E-state index in [9.17, 15) is 22.8 Å². The van der Waals surface area contributed by atoms with Gasteiger partial charge in [-0.2, -0.15) is 18.3 Å². The molecule has 1 atom stereocenters. The molecule has 3 aromatic rings. The van der Waals surface area contributed by atoms with Gasteiger partial charge in [0, 0.05) is 18.5 Å². The van der Waals surface area contributed by atoms with Crippen molar-refractivity contribution >= 4 is 22.6 Å². The highest BCUT2D eigenvalue weighted by atomic mass is 19.4. The molecule has 2 aromatic heterocycles. The monoisotopic (exact) mass is 481 g/mol. The molecule has 3 heterocycles. The average Bonchev–Trinajstić information content (AvgIpc) is 3.44. The number of halogens is 3. The van der Waals surface area contributed by atoms with Gasteiger partial charge >= 0.3 is 12.1 Å². The van der Waals surface area contributed by atoms with E-state index >= 15 is 0 Å². The van der Waals surface area contributed by atoms with Gasteiger partial charge in [0.25, 0.3) is 11.5 Å². The maximum Gasteiger partial charge on any atom is 0.490 e. The summed E-state index contributed by atoms with van der Waals surface area (Å²) >= 11 is 0. The topological polar surface area (TPSA) is 135 Å². The maximum absolute atomic E-state index is 12.4. The summed E-state index contributed by atoms with van der Waals surface area (Å²) in [6.07, 6.45) is -0.750. The quantitative estimate of drug-likeness (QED) is 0.550. The highest BCUT2D eigenvalue weighted by molar-refractivity contribution is 5.91. The summed E-state index contributed by atoms with van der Waals surface area (Å²) in [4.78, 5) is 35.8. The largest absolute Gasteiger partial charge is 0.490 e. The summed E-state index contributed by atoms with van der Waals surface area (Å²) in [6, 6.07) is 7.56. The summed E-state index contributed by atoms with van der Waals surface area (Å²) in [7, 11) is 2.06. The predicted octanol–water partition coefficient (Wildman–Crippen LogP) is 0.928. The summed E-state index contributed by atoms with van der Waals surface area (Å²) in [5.41, 5.74) is 0.113. The highest BCUT2D eigenvalue weighted by Gasteiger charge is 2.38. The van der Waals surface area contributed by atoms with Gasteiger partial charge in [-0.25, -0.2) is 14.2 Å². The lowest BCUT2D eigenvalue weighted by atomic mass is 10.2.